The molecule has 1 nitrogen and oxygen atoms in total. The van der Waals surface area contributed by atoms with Crippen molar-refractivity contribution in [1.29, 1.82) is 0 Å². The molecule has 0 aliphatic rings. The number of ether oxygens (including phenoxy) is 1. The van der Waals surface area contributed by atoms with E-state index in [1.807, 2.05) is 37.3 Å². The van der Waals surface area contributed by atoms with Gasteiger partial charge < -0.3 is 4.74 Å². The fraction of sp³-hybridized carbons (Fsp3) is 0.143. The summed E-state index contributed by atoms with van der Waals surface area (Å²) >= 11 is 5.99. The molecule has 2 aromatic rings. The number of halogens is 1. The molecule has 0 spiro atoms. The summed E-state index contributed by atoms with van der Waals surface area (Å²) < 4.78 is 5.57. The molecule has 0 aliphatic carbocycles. The molecular formula is C14H13ClO. The van der Waals surface area contributed by atoms with E-state index in [1.54, 1.807) is 6.08 Å². The van der Waals surface area contributed by atoms with Crippen LogP contribution in [0.15, 0.2) is 43.0 Å². The van der Waals surface area contributed by atoms with E-state index in [-0.39, 0.29) is 0 Å². The van der Waals surface area contributed by atoms with Crippen LogP contribution in [0.1, 0.15) is 5.56 Å². The number of aryl methyl sites for hydroxylation is 1. The lowest BCUT2D eigenvalue weighted by atomic mass is 10.0. The SMILES string of the molecule is C=CCOc1ccc2ccc(Cl)cc2c1C. The highest BCUT2D eigenvalue weighted by molar-refractivity contribution is 6.31. The molecule has 0 radical (unpaired) electrons. The van der Waals surface area contributed by atoms with Crippen LogP contribution in [0.5, 0.6) is 5.75 Å². The Bertz CT molecular complexity index is 531. The summed E-state index contributed by atoms with van der Waals surface area (Å²) in [4.78, 5) is 0. The minimum Gasteiger partial charge on any atom is -0.489 e. The predicted octanol–water partition coefficient (Wildman–Crippen LogP) is 4.37. The average molecular weight is 233 g/mol. The first kappa shape index (κ1) is 11.0. The summed E-state index contributed by atoms with van der Waals surface area (Å²) in [5.74, 6) is 0.884. The third-order valence-electron chi connectivity index (χ3n) is 2.56. The topological polar surface area (TPSA) is 9.23 Å². The van der Waals surface area contributed by atoms with Gasteiger partial charge in [0.25, 0.3) is 0 Å². The van der Waals surface area contributed by atoms with Gasteiger partial charge in [-0.1, -0.05) is 36.4 Å². The second kappa shape index (κ2) is 4.58. The molecule has 0 amide bonds. The van der Waals surface area contributed by atoms with Crippen LogP contribution in [0.3, 0.4) is 0 Å². The van der Waals surface area contributed by atoms with Crippen molar-refractivity contribution in [3.05, 3.63) is 53.6 Å². The maximum Gasteiger partial charge on any atom is 0.123 e. The van der Waals surface area contributed by atoms with Crippen LogP contribution in [-0.2, 0) is 0 Å². The first-order chi connectivity index (χ1) is 7.72. The van der Waals surface area contributed by atoms with E-state index < -0.39 is 0 Å². The molecule has 0 saturated carbocycles. The molecule has 2 heteroatoms. The molecule has 0 bridgehead atoms. The molecule has 0 heterocycles. The van der Waals surface area contributed by atoms with E-state index >= 15 is 0 Å². The van der Waals surface area contributed by atoms with E-state index in [9.17, 15) is 0 Å². The molecule has 16 heavy (non-hydrogen) atoms. The monoisotopic (exact) mass is 232 g/mol. The van der Waals surface area contributed by atoms with E-state index in [0.29, 0.717) is 6.61 Å². The standard InChI is InChI=1S/C14H13ClO/c1-3-8-16-14-7-5-11-4-6-12(15)9-13(11)10(14)2/h3-7,9H,1,8H2,2H3. The molecule has 0 aliphatic heterocycles. The fourth-order valence-electron chi connectivity index (χ4n) is 1.73. The van der Waals surface area contributed by atoms with Crippen molar-refractivity contribution in [2.45, 2.75) is 6.92 Å². The molecule has 0 atom stereocenters. The molecule has 0 unspecified atom stereocenters. The Labute approximate surface area is 100 Å². The van der Waals surface area contributed by atoms with Crippen LogP contribution in [0.2, 0.25) is 5.02 Å². The number of fused-ring (bicyclic) bond motifs is 1. The molecule has 2 rings (SSSR count). The van der Waals surface area contributed by atoms with Crippen LogP contribution < -0.4 is 4.74 Å². The molecule has 82 valence electrons. The van der Waals surface area contributed by atoms with Crippen molar-refractivity contribution in [2.75, 3.05) is 6.61 Å². The van der Waals surface area contributed by atoms with Gasteiger partial charge in [0.1, 0.15) is 12.4 Å². The maximum atomic E-state index is 5.99. The molecule has 0 saturated heterocycles. The molecule has 0 N–H and O–H groups in total. The van der Waals surface area contributed by atoms with Crippen molar-refractivity contribution in [3.63, 3.8) is 0 Å². The average Bonchev–Trinajstić information content (AvgIpc) is 2.29. The van der Waals surface area contributed by atoms with Gasteiger partial charge >= 0.3 is 0 Å². The highest BCUT2D eigenvalue weighted by Gasteiger charge is 2.04. The Balaban J connectivity index is 2.54. The Hall–Kier alpha value is -1.47. The van der Waals surface area contributed by atoms with Crippen molar-refractivity contribution in [2.24, 2.45) is 0 Å². The summed E-state index contributed by atoms with van der Waals surface area (Å²) in [6.07, 6.45) is 1.74. The van der Waals surface area contributed by atoms with E-state index in [1.165, 1.54) is 5.39 Å². The van der Waals surface area contributed by atoms with Gasteiger partial charge in [0, 0.05) is 5.02 Å². The maximum absolute atomic E-state index is 5.99. The van der Waals surface area contributed by atoms with Crippen molar-refractivity contribution < 1.29 is 4.74 Å². The lowest BCUT2D eigenvalue weighted by Crippen LogP contribution is -1.95. The van der Waals surface area contributed by atoms with Gasteiger partial charge in [0.2, 0.25) is 0 Å². The van der Waals surface area contributed by atoms with Crippen LogP contribution in [0.25, 0.3) is 10.8 Å². The third kappa shape index (κ3) is 2.05. The minimum atomic E-state index is 0.521. The van der Waals surface area contributed by atoms with Crippen LogP contribution in [0.4, 0.5) is 0 Å². The summed E-state index contributed by atoms with van der Waals surface area (Å²) in [7, 11) is 0. The van der Waals surface area contributed by atoms with Gasteiger partial charge in [-0.25, -0.2) is 0 Å². The zero-order valence-electron chi connectivity index (χ0n) is 9.16. The van der Waals surface area contributed by atoms with E-state index in [4.69, 9.17) is 16.3 Å². The number of benzene rings is 2. The zero-order chi connectivity index (χ0) is 11.5. The molecule has 2 aromatic carbocycles. The third-order valence-corrected chi connectivity index (χ3v) is 2.79. The zero-order valence-corrected chi connectivity index (χ0v) is 9.92. The number of hydrogen-bond donors (Lipinski definition) is 0. The Kier molecular flexibility index (Phi) is 3.16. The summed E-state index contributed by atoms with van der Waals surface area (Å²) in [5.41, 5.74) is 1.11. The first-order valence-corrected chi connectivity index (χ1v) is 5.52. The second-order valence-corrected chi connectivity index (χ2v) is 4.09. The first-order valence-electron chi connectivity index (χ1n) is 5.15. The van der Waals surface area contributed by atoms with Crippen LogP contribution >= 0.6 is 11.6 Å². The lowest BCUT2D eigenvalue weighted by molar-refractivity contribution is 0.361. The van der Waals surface area contributed by atoms with Crippen LogP contribution in [0, 0.1) is 6.92 Å². The Morgan fingerprint density at radius 1 is 1.31 bits per heavy atom. The van der Waals surface area contributed by atoms with Crippen molar-refractivity contribution in [3.8, 4) is 5.75 Å². The van der Waals surface area contributed by atoms with Gasteiger partial charge in [0.05, 0.1) is 0 Å². The highest BCUT2D eigenvalue weighted by atomic mass is 35.5. The van der Waals surface area contributed by atoms with Crippen molar-refractivity contribution in [1.82, 2.24) is 0 Å². The molecular weight excluding hydrogens is 220 g/mol. The van der Waals surface area contributed by atoms with Gasteiger partial charge in [-0.2, -0.15) is 0 Å². The highest BCUT2D eigenvalue weighted by Crippen LogP contribution is 2.29. The summed E-state index contributed by atoms with van der Waals surface area (Å²) in [5, 5.41) is 3.05. The Morgan fingerprint density at radius 2 is 2.06 bits per heavy atom. The smallest absolute Gasteiger partial charge is 0.123 e. The minimum absolute atomic E-state index is 0.521. The predicted molar refractivity (Wildman–Crippen MR) is 69.4 cm³/mol. The van der Waals surface area contributed by atoms with Gasteiger partial charge in [-0.15, -0.1) is 0 Å². The molecule has 0 fully saturated rings. The van der Waals surface area contributed by atoms with Crippen molar-refractivity contribution >= 4 is 22.4 Å². The summed E-state index contributed by atoms with van der Waals surface area (Å²) in [6, 6.07) is 9.90. The van der Waals surface area contributed by atoms with Gasteiger partial charge in [-0.05, 0) is 41.5 Å². The quantitative estimate of drug-likeness (QED) is 0.715. The summed E-state index contributed by atoms with van der Waals surface area (Å²) in [6.45, 7) is 6.20. The largest absolute Gasteiger partial charge is 0.489 e. The lowest BCUT2D eigenvalue weighted by Gasteiger charge is -2.10. The van der Waals surface area contributed by atoms with E-state index in [2.05, 4.69) is 6.58 Å². The van der Waals surface area contributed by atoms with Gasteiger partial charge in [0.15, 0.2) is 0 Å². The van der Waals surface area contributed by atoms with Crippen LogP contribution in [-0.4, -0.2) is 6.61 Å². The second-order valence-electron chi connectivity index (χ2n) is 3.65. The number of rotatable bonds is 3. The fourth-order valence-corrected chi connectivity index (χ4v) is 1.90. The normalized spacial score (nSPS) is 10.4. The van der Waals surface area contributed by atoms with E-state index in [0.717, 1.165) is 21.7 Å². The Morgan fingerprint density at radius 3 is 2.81 bits per heavy atom. The van der Waals surface area contributed by atoms with Gasteiger partial charge in [-0.3, -0.25) is 0 Å². The number of hydrogen-bond acceptors (Lipinski definition) is 1. The molecule has 0 aromatic heterocycles.